The molecule has 4 aromatic rings. The molecule has 0 aliphatic carbocycles. The van der Waals surface area contributed by atoms with E-state index in [1.807, 2.05) is 62.6 Å². The maximum atomic E-state index is 14.2. The normalized spacial score (nSPS) is 10.5. The van der Waals surface area contributed by atoms with Gasteiger partial charge in [0.15, 0.2) is 0 Å². The monoisotopic (exact) mass is 391 g/mol. The molecule has 7 heteroatoms. The third-order valence-electron chi connectivity index (χ3n) is 3.89. The van der Waals surface area contributed by atoms with Crippen LogP contribution in [0.2, 0.25) is 0 Å². The standard InChI is InChI=1S/C19H13FN4O.C3H9N/c20-17-7-6-15(22-12-25)8-16(17)18-11-24-10-14(9-21-19(24)23-18)13-4-2-1-3-5-13;1-4(2)3/h1-12H,(H,22,25);1-3H3. The lowest BCUT2D eigenvalue weighted by Crippen LogP contribution is -1.99. The molecule has 148 valence electrons. The molecule has 0 unspecified atom stereocenters. The first-order valence-corrected chi connectivity index (χ1v) is 8.99. The lowest BCUT2D eigenvalue weighted by atomic mass is 10.1. The molecule has 6 nitrogen and oxygen atoms in total. The van der Waals surface area contributed by atoms with E-state index in [9.17, 15) is 9.18 Å². The molecule has 0 atom stereocenters. The Morgan fingerprint density at radius 1 is 1.03 bits per heavy atom. The van der Waals surface area contributed by atoms with Gasteiger partial charge in [0.05, 0.1) is 5.69 Å². The fourth-order valence-electron chi connectivity index (χ4n) is 2.67. The van der Waals surface area contributed by atoms with E-state index in [2.05, 4.69) is 15.3 Å². The van der Waals surface area contributed by atoms with Crippen LogP contribution in [0.3, 0.4) is 0 Å². The maximum absolute atomic E-state index is 14.2. The summed E-state index contributed by atoms with van der Waals surface area (Å²) < 4.78 is 15.9. The van der Waals surface area contributed by atoms with Crippen molar-refractivity contribution in [2.45, 2.75) is 0 Å². The quantitative estimate of drug-likeness (QED) is 0.535. The first-order chi connectivity index (χ1) is 14.0. The molecule has 2 heterocycles. The number of rotatable bonds is 4. The van der Waals surface area contributed by atoms with Crippen LogP contribution in [0, 0.1) is 5.82 Å². The highest BCUT2D eigenvalue weighted by molar-refractivity contribution is 5.75. The highest BCUT2D eigenvalue weighted by atomic mass is 19.1. The van der Waals surface area contributed by atoms with Gasteiger partial charge >= 0.3 is 0 Å². The zero-order chi connectivity index (χ0) is 20.8. The van der Waals surface area contributed by atoms with Gasteiger partial charge in [0.25, 0.3) is 0 Å². The van der Waals surface area contributed by atoms with Gasteiger partial charge in [-0.2, -0.15) is 0 Å². The predicted molar refractivity (Wildman–Crippen MR) is 113 cm³/mol. The highest BCUT2D eigenvalue weighted by Gasteiger charge is 2.12. The Hall–Kier alpha value is -3.58. The number of hydrogen-bond acceptors (Lipinski definition) is 4. The molecule has 1 N–H and O–H groups in total. The number of nitrogens with one attached hydrogen (secondary N) is 1. The molecule has 0 aliphatic heterocycles. The SMILES string of the molecule is CN(C)C.O=CNc1ccc(F)c(-c2cn3cc(-c4ccccc4)cnc3n2)c1. The summed E-state index contributed by atoms with van der Waals surface area (Å²) >= 11 is 0. The second-order valence-corrected chi connectivity index (χ2v) is 6.84. The second-order valence-electron chi connectivity index (χ2n) is 6.84. The molecular weight excluding hydrogens is 369 g/mol. The van der Waals surface area contributed by atoms with Gasteiger partial charge in [-0.15, -0.1) is 0 Å². The minimum atomic E-state index is -0.414. The van der Waals surface area contributed by atoms with Crippen LogP contribution in [0.15, 0.2) is 67.1 Å². The van der Waals surface area contributed by atoms with Gasteiger partial charge in [0.2, 0.25) is 12.2 Å². The molecule has 0 aliphatic rings. The maximum Gasteiger partial charge on any atom is 0.234 e. The van der Waals surface area contributed by atoms with Gasteiger partial charge < -0.3 is 10.2 Å². The number of nitrogens with zero attached hydrogens (tertiary/aromatic N) is 4. The lowest BCUT2D eigenvalue weighted by molar-refractivity contribution is -0.105. The van der Waals surface area contributed by atoms with E-state index in [-0.39, 0.29) is 0 Å². The van der Waals surface area contributed by atoms with E-state index in [0.717, 1.165) is 11.1 Å². The fourth-order valence-corrected chi connectivity index (χ4v) is 2.67. The molecule has 1 amide bonds. The number of benzene rings is 2. The van der Waals surface area contributed by atoms with Gasteiger partial charge in [-0.05, 0) is 44.9 Å². The average Bonchev–Trinajstić information content (AvgIpc) is 3.13. The Morgan fingerprint density at radius 2 is 1.76 bits per heavy atom. The number of hydrogen-bond donors (Lipinski definition) is 1. The van der Waals surface area contributed by atoms with Gasteiger partial charge in [-0.25, -0.2) is 14.4 Å². The van der Waals surface area contributed by atoms with E-state index >= 15 is 0 Å². The van der Waals surface area contributed by atoms with E-state index in [4.69, 9.17) is 0 Å². The summed E-state index contributed by atoms with van der Waals surface area (Å²) in [6.07, 6.45) is 5.91. The number of amides is 1. The number of imidazole rings is 1. The minimum Gasteiger partial charge on any atom is -0.329 e. The molecule has 0 spiro atoms. The van der Waals surface area contributed by atoms with E-state index in [1.165, 1.54) is 12.1 Å². The molecule has 0 saturated heterocycles. The van der Waals surface area contributed by atoms with Crippen molar-refractivity contribution in [2.75, 3.05) is 26.5 Å². The van der Waals surface area contributed by atoms with Crippen molar-refractivity contribution in [1.82, 2.24) is 19.3 Å². The molecule has 2 aromatic carbocycles. The van der Waals surface area contributed by atoms with E-state index < -0.39 is 5.82 Å². The molecule has 2 aromatic heterocycles. The summed E-state index contributed by atoms with van der Waals surface area (Å²) in [7, 11) is 6.00. The molecule has 29 heavy (non-hydrogen) atoms. The first-order valence-electron chi connectivity index (χ1n) is 8.99. The Bertz CT molecular complexity index is 1110. The molecule has 0 bridgehead atoms. The van der Waals surface area contributed by atoms with Gasteiger partial charge in [-0.1, -0.05) is 30.3 Å². The van der Waals surface area contributed by atoms with Crippen molar-refractivity contribution >= 4 is 17.9 Å². The zero-order valence-corrected chi connectivity index (χ0v) is 16.5. The van der Waals surface area contributed by atoms with Crippen molar-refractivity contribution in [3.63, 3.8) is 0 Å². The van der Waals surface area contributed by atoms with E-state index in [0.29, 0.717) is 29.1 Å². The highest BCUT2D eigenvalue weighted by Crippen LogP contribution is 2.26. The van der Waals surface area contributed by atoms with Gasteiger partial charge in [0, 0.05) is 35.4 Å². The zero-order valence-electron chi connectivity index (χ0n) is 16.5. The molecule has 0 radical (unpaired) electrons. The van der Waals surface area contributed by atoms with Crippen LogP contribution in [0.25, 0.3) is 28.2 Å². The number of anilines is 1. The van der Waals surface area contributed by atoms with Crippen molar-refractivity contribution in [3.05, 3.63) is 72.9 Å². The molecule has 0 fully saturated rings. The Labute approximate surface area is 168 Å². The number of carbonyl (C=O) groups is 1. The minimum absolute atomic E-state index is 0.304. The Kier molecular flexibility index (Phi) is 6.31. The Morgan fingerprint density at radius 3 is 2.45 bits per heavy atom. The lowest BCUT2D eigenvalue weighted by Gasteiger charge is -2.03. The number of carbonyl (C=O) groups excluding carboxylic acids is 1. The second kappa shape index (κ2) is 9.07. The van der Waals surface area contributed by atoms with Crippen LogP contribution in [-0.2, 0) is 4.79 Å². The predicted octanol–water partition coefficient (Wildman–Crippen LogP) is 3.95. The topological polar surface area (TPSA) is 62.5 Å². The van der Waals surface area contributed by atoms with Crippen LogP contribution >= 0.6 is 0 Å². The van der Waals surface area contributed by atoms with Crippen molar-refractivity contribution in [3.8, 4) is 22.4 Å². The van der Waals surface area contributed by atoms with Crippen molar-refractivity contribution in [1.29, 1.82) is 0 Å². The van der Waals surface area contributed by atoms with Crippen LogP contribution in [-0.4, -0.2) is 46.8 Å². The number of aromatic nitrogens is 3. The summed E-state index contributed by atoms with van der Waals surface area (Å²) in [6.45, 7) is 0. The summed E-state index contributed by atoms with van der Waals surface area (Å²) in [6, 6.07) is 14.2. The van der Waals surface area contributed by atoms with Crippen molar-refractivity contribution in [2.24, 2.45) is 0 Å². The first kappa shape index (κ1) is 20.2. The van der Waals surface area contributed by atoms with Crippen molar-refractivity contribution < 1.29 is 9.18 Å². The van der Waals surface area contributed by atoms with Crippen LogP contribution in [0.5, 0.6) is 0 Å². The van der Waals surface area contributed by atoms with Gasteiger partial charge in [-0.3, -0.25) is 9.20 Å². The molecule has 0 saturated carbocycles. The summed E-state index contributed by atoms with van der Waals surface area (Å²) in [5.41, 5.74) is 3.23. The Balaban J connectivity index is 0.000000552. The molecular formula is C22H22FN5O. The van der Waals surface area contributed by atoms with Crippen LogP contribution in [0.4, 0.5) is 10.1 Å². The summed E-state index contributed by atoms with van der Waals surface area (Å²) in [5, 5.41) is 2.51. The smallest absolute Gasteiger partial charge is 0.234 e. The number of halogens is 1. The number of fused-ring (bicyclic) bond motifs is 1. The van der Waals surface area contributed by atoms with Gasteiger partial charge in [0.1, 0.15) is 5.82 Å². The summed E-state index contributed by atoms with van der Waals surface area (Å²) in [4.78, 5) is 21.3. The fraction of sp³-hybridized carbons (Fsp3) is 0.136. The largest absolute Gasteiger partial charge is 0.329 e. The van der Waals surface area contributed by atoms with Crippen LogP contribution in [0.1, 0.15) is 0 Å². The third kappa shape index (κ3) is 5.03. The average molecular weight is 391 g/mol. The molecule has 4 rings (SSSR count). The summed E-state index contributed by atoms with van der Waals surface area (Å²) in [5.74, 6) is 0.0611. The third-order valence-corrected chi connectivity index (χ3v) is 3.89. The van der Waals surface area contributed by atoms with Crippen LogP contribution < -0.4 is 5.32 Å². The van der Waals surface area contributed by atoms with E-state index in [1.54, 1.807) is 22.9 Å².